The first-order chi connectivity index (χ1) is 13.6. The number of fused-ring (bicyclic) bond motifs is 1. The summed E-state index contributed by atoms with van der Waals surface area (Å²) in [6.07, 6.45) is 6.31. The average molecular weight is 378 g/mol. The number of amides is 1. The molecule has 0 fully saturated rings. The molecule has 8 nitrogen and oxygen atoms in total. The maximum Gasteiger partial charge on any atom is 0.328 e. The maximum absolute atomic E-state index is 12.7. The van der Waals surface area contributed by atoms with Gasteiger partial charge in [0.05, 0.1) is 18.8 Å². The zero-order chi connectivity index (χ0) is 19.8. The highest BCUT2D eigenvalue weighted by molar-refractivity contribution is 6.04. The summed E-state index contributed by atoms with van der Waals surface area (Å²) in [5.74, 6) is 2.25. The first-order valence-corrected chi connectivity index (χ1v) is 9.30. The molecule has 0 bridgehead atoms. The number of rotatable bonds is 4. The molecule has 0 saturated carbocycles. The van der Waals surface area contributed by atoms with Crippen LogP contribution in [0, 0.1) is 0 Å². The quantitative estimate of drug-likeness (QED) is 0.696. The lowest BCUT2D eigenvalue weighted by molar-refractivity contribution is -0.659. The summed E-state index contributed by atoms with van der Waals surface area (Å²) in [7, 11) is 5.57. The van der Waals surface area contributed by atoms with Gasteiger partial charge in [0.1, 0.15) is 24.1 Å². The van der Waals surface area contributed by atoms with E-state index in [0.29, 0.717) is 23.9 Å². The number of nitrogens with zero attached hydrogens (tertiary/aromatic N) is 6. The molecule has 2 aromatic heterocycles. The molecule has 144 valence electrons. The molecule has 0 radical (unpaired) electrons. The van der Waals surface area contributed by atoms with Crippen LogP contribution in [-0.4, -0.2) is 40.6 Å². The van der Waals surface area contributed by atoms with Crippen molar-refractivity contribution in [2.75, 3.05) is 24.0 Å². The number of carbonyl (C=O) groups is 1. The van der Waals surface area contributed by atoms with E-state index in [-0.39, 0.29) is 11.9 Å². The number of hydrogen-bond donors (Lipinski definition) is 1. The van der Waals surface area contributed by atoms with Gasteiger partial charge in [0, 0.05) is 14.1 Å². The average Bonchev–Trinajstić information content (AvgIpc) is 3.12. The van der Waals surface area contributed by atoms with Crippen molar-refractivity contribution in [1.82, 2.24) is 20.0 Å². The van der Waals surface area contributed by atoms with Gasteiger partial charge < -0.3 is 4.90 Å². The Morgan fingerprint density at radius 1 is 1.25 bits per heavy atom. The highest BCUT2D eigenvalue weighted by Crippen LogP contribution is 2.33. The van der Waals surface area contributed by atoms with Crippen molar-refractivity contribution in [2.45, 2.75) is 19.4 Å². The number of nitrogens with one attached hydrogen (secondary N) is 1. The Kier molecular flexibility index (Phi) is 4.56. The van der Waals surface area contributed by atoms with Gasteiger partial charge in [0.2, 0.25) is 0 Å². The van der Waals surface area contributed by atoms with E-state index < -0.39 is 0 Å². The van der Waals surface area contributed by atoms with Crippen LogP contribution in [-0.2, 0) is 11.8 Å². The first-order valence-electron chi connectivity index (χ1n) is 9.30. The zero-order valence-corrected chi connectivity index (χ0v) is 16.5. The number of hydrazine groups is 1. The van der Waals surface area contributed by atoms with Gasteiger partial charge in [0.25, 0.3) is 11.7 Å². The number of anilines is 2. The molecule has 1 N–H and O–H groups in total. The van der Waals surface area contributed by atoms with Gasteiger partial charge >= 0.3 is 5.95 Å². The Bertz CT molecular complexity index is 1010. The molecule has 0 spiro atoms. The molecule has 1 aliphatic rings. The Hall–Kier alpha value is -3.26. The molecule has 1 aliphatic heterocycles. The fourth-order valence-corrected chi connectivity index (χ4v) is 3.68. The second-order valence-corrected chi connectivity index (χ2v) is 6.76. The van der Waals surface area contributed by atoms with Gasteiger partial charge in [-0.1, -0.05) is 25.1 Å². The summed E-state index contributed by atoms with van der Waals surface area (Å²) in [5.41, 5.74) is 4.88. The smallest absolute Gasteiger partial charge is 0.309 e. The maximum atomic E-state index is 12.7. The van der Waals surface area contributed by atoms with E-state index >= 15 is 0 Å². The van der Waals surface area contributed by atoms with Crippen molar-refractivity contribution < 1.29 is 9.36 Å². The second-order valence-electron chi connectivity index (χ2n) is 6.76. The van der Waals surface area contributed by atoms with Crippen LogP contribution in [0.25, 0.3) is 17.3 Å². The molecule has 0 saturated heterocycles. The lowest BCUT2D eigenvalue weighted by Gasteiger charge is -2.39. The first kappa shape index (κ1) is 18.1. The molecular weight excluding hydrogens is 354 g/mol. The minimum atomic E-state index is -0.306. The Morgan fingerprint density at radius 3 is 2.68 bits per heavy atom. The van der Waals surface area contributed by atoms with Crippen LogP contribution in [0.4, 0.5) is 11.5 Å². The SMILES string of the molecule is CCC1C(=O)N(C)c2cnc(-n3cc[n+](C)c3-c3ccccc3)nc2N1NC. The fraction of sp³-hybridized carbons (Fsp3) is 0.300. The summed E-state index contributed by atoms with van der Waals surface area (Å²) in [5, 5.41) is 1.83. The number of carbonyl (C=O) groups excluding carboxylic acids is 1. The topological polar surface area (TPSA) is 70.2 Å². The van der Waals surface area contributed by atoms with Crippen molar-refractivity contribution in [3.8, 4) is 17.3 Å². The molecule has 3 heterocycles. The van der Waals surface area contributed by atoms with Crippen LogP contribution in [0.5, 0.6) is 0 Å². The summed E-state index contributed by atoms with van der Waals surface area (Å²) in [6.45, 7) is 1.99. The highest BCUT2D eigenvalue weighted by Gasteiger charge is 2.37. The zero-order valence-electron chi connectivity index (χ0n) is 16.5. The number of aryl methyl sites for hydroxylation is 1. The predicted molar refractivity (Wildman–Crippen MR) is 107 cm³/mol. The van der Waals surface area contributed by atoms with Gasteiger partial charge in [-0.15, -0.1) is 0 Å². The minimum Gasteiger partial charge on any atom is -0.309 e. The largest absolute Gasteiger partial charge is 0.328 e. The van der Waals surface area contributed by atoms with Crippen LogP contribution in [0.2, 0.25) is 0 Å². The normalized spacial score (nSPS) is 16.4. The standard InChI is InChI=1S/C20H24N7O/c1-5-15-19(28)25(4)16-13-22-20(23-17(16)27(15)21-2)26-12-11-24(3)18(26)14-9-7-6-8-10-14/h6-13,15,21H,5H2,1-4H3/q+1. The van der Waals surface area contributed by atoms with Crippen LogP contribution in [0.3, 0.4) is 0 Å². The molecule has 28 heavy (non-hydrogen) atoms. The third kappa shape index (κ3) is 2.73. The number of benzene rings is 1. The van der Waals surface area contributed by atoms with Crippen LogP contribution in [0.15, 0.2) is 48.9 Å². The summed E-state index contributed by atoms with van der Waals surface area (Å²) in [4.78, 5) is 23.7. The van der Waals surface area contributed by atoms with Crippen molar-refractivity contribution in [2.24, 2.45) is 7.05 Å². The molecule has 8 heteroatoms. The van der Waals surface area contributed by atoms with Crippen molar-refractivity contribution in [3.05, 3.63) is 48.9 Å². The van der Waals surface area contributed by atoms with Gasteiger partial charge in [0.15, 0.2) is 5.82 Å². The Labute approximate surface area is 164 Å². The van der Waals surface area contributed by atoms with Gasteiger partial charge in [-0.3, -0.25) is 9.80 Å². The molecule has 3 aromatic rings. The number of imidazole rings is 1. The lowest BCUT2D eigenvalue weighted by Crippen LogP contribution is -2.56. The van der Waals surface area contributed by atoms with E-state index in [0.717, 1.165) is 11.4 Å². The molecule has 1 unspecified atom stereocenters. The lowest BCUT2D eigenvalue weighted by atomic mass is 10.1. The Morgan fingerprint density at radius 2 is 2.00 bits per heavy atom. The van der Waals surface area contributed by atoms with Crippen molar-refractivity contribution in [1.29, 1.82) is 0 Å². The van der Waals surface area contributed by atoms with Gasteiger partial charge in [-0.2, -0.15) is 14.5 Å². The van der Waals surface area contributed by atoms with E-state index in [2.05, 4.69) is 22.5 Å². The molecule has 0 aliphatic carbocycles. The Balaban J connectivity index is 1.86. The third-order valence-electron chi connectivity index (χ3n) is 5.13. The third-order valence-corrected chi connectivity index (χ3v) is 5.13. The second kappa shape index (κ2) is 7.05. The summed E-state index contributed by atoms with van der Waals surface area (Å²) in [6, 6.07) is 9.83. The van der Waals surface area contributed by atoms with E-state index in [1.54, 1.807) is 25.2 Å². The minimum absolute atomic E-state index is 0.0260. The van der Waals surface area contributed by atoms with Gasteiger partial charge in [-0.25, -0.2) is 9.99 Å². The van der Waals surface area contributed by atoms with E-state index in [1.807, 2.05) is 58.7 Å². The monoisotopic (exact) mass is 378 g/mol. The molecule has 1 amide bonds. The molecule has 1 aromatic carbocycles. The number of hydrogen-bond acceptors (Lipinski definition) is 5. The number of likely N-dealkylation sites (N-methyl/N-ethyl adjacent to an activating group) is 1. The van der Waals surface area contributed by atoms with Gasteiger partial charge in [-0.05, 0) is 18.6 Å². The molecule has 4 rings (SSSR count). The van der Waals surface area contributed by atoms with E-state index in [1.165, 1.54) is 0 Å². The highest BCUT2D eigenvalue weighted by atomic mass is 16.2. The predicted octanol–water partition coefficient (Wildman–Crippen LogP) is 1.45. The fourth-order valence-electron chi connectivity index (χ4n) is 3.68. The van der Waals surface area contributed by atoms with Crippen LogP contribution in [0.1, 0.15) is 13.3 Å². The molecule has 1 atom stereocenters. The van der Waals surface area contributed by atoms with Crippen LogP contribution >= 0.6 is 0 Å². The summed E-state index contributed by atoms with van der Waals surface area (Å²) < 4.78 is 4.00. The number of aromatic nitrogens is 4. The van der Waals surface area contributed by atoms with Crippen LogP contribution < -0.4 is 19.9 Å². The van der Waals surface area contributed by atoms with E-state index in [4.69, 9.17) is 4.98 Å². The van der Waals surface area contributed by atoms with Crippen molar-refractivity contribution >= 4 is 17.4 Å². The van der Waals surface area contributed by atoms with E-state index in [9.17, 15) is 4.79 Å². The molecular formula is C20H24N7O+. The summed E-state index contributed by atoms with van der Waals surface area (Å²) >= 11 is 0. The van der Waals surface area contributed by atoms with Crippen molar-refractivity contribution in [3.63, 3.8) is 0 Å².